The summed E-state index contributed by atoms with van der Waals surface area (Å²) in [6.45, 7) is 2.77. The number of para-hydroxylation sites is 1. The molecular weight excluding hydrogens is 356 g/mol. The maximum absolute atomic E-state index is 12.4. The summed E-state index contributed by atoms with van der Waals surface area (Å²) < 4.78 is 7.02. The van der Waals surface area contributed by atoms with Crippen LogP contribution in [0.3, 0.4) is 0 Å². The number of carbonyl (C=O) groups is 1. The van der Waals surface area contributed by atoms with Crippen LogP contribution in [0, 0.1) is 6.92 Å². The van der Waals surface area contributed by atoms with Gasteiger partial charge in [-0.05, 0) is 37.3 Å². The number of aromatic nitrogens is 3. The third-order valence-electron chi connectivity index (χ3n) is 4.43. The van der Waals surface area contributed by atoms with Crippen LogP contribution < -0.4 is 10.9 Å². The van der Waals surface area contributed by atoms with E-state index in [4.69, 9.17) is 4.42 Å². The Morgan fingerprint density at radius 3 is 2.86 bits per heavy atom. The van der Waals surface area contributed by atoms with Crippen molar-refractivity contribution in [1.82, 2.24) is 20.1 Å². The topological polar surface area (TPSA) is 90.0 Å². The third kappa shape index (κ3) is 3.55. The van der Waals surface area contributed by atoms with E-state index in [1.165, 1.54) is 0 Å². The van der Waals surface area contributed by atoms with Crippen molar-refractivity contribution in [3.05, 3.63) is 82.6 Å². The number of hydrogen-bond acceptors (Lipinski definition) is 5. The molecule has 7 heteroatoms. The van der Waals surface area contributed by atoms with Gasteiger partial charge in [0.1, 0.15) is 11.1 Å². The second-order valence-electron chi connectivity index (χ2n) is 6.38. The Morgan fingerprint density at radius 2 is 2.04 bits per heavy atom. The fourth-order valence-electron chi connectivity index (χ4n) is 2.98. The molecule has 0 fully saturated rings. The standard InChI is InChI=1S/C21H18N4O3/c1-14-11-18(16-6-4-8-22-13-16)24-25(14)10-9-23-20(26)17-12-15-5-2-3-7-19(15)28-21(17)27/h2-8,11-13H,9-10H2,1H3,(H,23,26). The molecule has 0 aliphatic heterocycles. The van der Waals surface area contributed by atoms with Crippen LogP contribution in [-0.4, -0.2) is 27.2 Å². The van der Waals surface area contributed by atoms with E-state index in [0.29, 0.717) is 24.1 Å². The molecule has 0 spiro atoms. The van der Waals surface area contributed by atoms with Crippen molar-refractivity contribution < 1.29 is 9.21 Å². The minimum atomic E-state index is -0.648. The van der Waals surface area contributed by atoms with Gasteiger partial charge in [-0.2, -0.15) is 5.10 Å². The molecule has 0 aliphatic rings. The predicted molar refractivity (Wildman–Crippen MR) is 105 cm³/mol. The van der Waals surface area contributed by atoms with Crippen LogP contribution in [0.2, 0.25) is 0 Å². The lowest BCUT2D eigenvalue weighted by Crippen LogP contribution is -2.31. The fourth-order valence-corrected chi connectivity index (χ4v) is 2.98. The van der Waals surface area contributed by atoms with Crippen molar-refractivity contribution in [2.24, 2.45) is 0 Å². The number of aryl methyl sites for hydroxylation is 1. The van der Waals surface area contributed by atoms with Crippen LogP contribution in [0.15, 0.2) is 70.1 Å². The zero-order valence-corrected chi connectivity index (χ0v) is 15.3. The summed E-state index contributed by atoms with van der Waals surface area (Å²) in [6.07, 6.45) is 3.47. The molecule has 1 aromatic carbocycles. The van der Waals surface area contributed by atoms with Gasteiger partial charge in [-0.15, -0.1) is 0 Å². The normalized spacial score (nSPS) is 10.9. The lowest BCUT2D eigenvalue weighted by atomic mass is 10.2. The first-order chi connectivity index (χ1) is 13.6. The lowest BCUT2D eigenvalue weighted by molar-refractivity contribution is 0.0948. The molecule has 0 bridgehead atoms. The van der Waals surface area contributed by atoms with Gasteiger partial charge in [0.2, 0.25) is 0 Å². The zero-order chi connectivity index (χ0) is 19.5. The smallest absolute Gasteiger partial charge is 0.349 e. The maximum Gasteiger partial charge on any atom is 0.349 e. The highest BCUT2D eigenvalue weighted by atomic mass is 16.4. The molecule has 4 aromatic rings. The Kier molecular flexibility index (Phi) is 4.72. The molecule has 4 rings (SSSR count). The first-order valence-corrected chi connectivity index (χ1v) is 8.88. The molecule has 7 nitrogen and oxygen atoms in total. The Morgan fingerprint density at radius 1 is 1.18 bits per heavy atom. The highest BCUT2D eigenvalue weighted by molar-refractivity contribution is 5.96. The van der Waals surface area contributed by atoms with Crippen molar-refractivity contribution in [2.75, 3.05) is 6.54 Å². The van der Waals surface area contributed by atoms with Gasteiger partial charge in [-0.25, -0.2) is 4.79 Å². The molecular formula is C21H18N4O3. The molecule has 3 heterocycles. The van der Waals surface area contributed by atoms with E-state index in [0.717, 1.165) is 17.0 Å². The lowest BCUT2D eigenvalue weighted by Gasteiger charge is -2.07. The van der Waals surface area contributed by atoms with Crippen molar-refractivity contribution >= 4 is 16.9 Å². The number of benzene rings is 1. The molecule has 0 saturated heterocycles. The molecule has 0 aliphatic carbocycles. The SMILES string of the molecule is Cc1cc(-c2cccnc2)nn1CCNC(=O)c1cc2ccccc2oc1=O. The van der Waals surface area contributed by atoms with E-state index >= 15 is 0 Å². The summed E-state index contributed by atoms with van der Waals surface area (Å²) in [5, 5.41) is 8.02. The number of nitrogens with one attached hydrogen (secondary N) is 1. The van der Waals surface area contributed by atoms with Gasteiger partial charge in [0.25, 0.3) is 5.91 Å². The Labute approximate surface area is 160 Å². The first-order valence-electron chi connectivity index (χ1n) is 8.88. The van der Waals surface area contributed by atoms with Crippen LogP contribution in [0.4, 0.5) is 0 Å². The van der Waals surface area contributed by atoms with Crippen molar-refractivity contribution in [1.29, 1.82) is 0 Å². The van der Waals surface area contributed by atoms with E-state index in [9.17, 15) is 9.59 Å². The van der Waals surface area contributed by atoms with Gasteiger partial charge in [-0.1, -0.05) is 18.2 Å². The first kappa shape index (κ1) is 17.7. The van der Waals surface area contributed by atoms with Crippen LogP contribution in [0.1, 0.15) is 16.1 Å². The summed E-state index contributed by atoms with van der Waals surface area (Å²) in [4.78, 5) is 28.6. The highest BCUT2D eigenvalue weighted by Gasteiger charge is 2.13. The quantitative estimate of drug-likeness (QED) is 0.543. The number of fused-ring (bicyclic) bond motifs is 1. The molecule has 140 valence electrons. The minimum Gasteiger partial charge on any atom is -0.422 e. The number of carbonyl (C=O) groups excluding carboxylic acids is 1. The average Bonchev–Trinajstić information content (AvgIpc) is 3.08. The number of nitrogens with zero attached hydrogens (tertiary/aromatic N) is 3. The van der Waals surface area contributed by atoms with Gasteiger partial charge in [0.15, 0.2) is 0 Å². The number of hydrogen-bond donors (Lipinski definition) is 1. The van der Waals surface area contributed by atoms with Crippen LogP contribution >= 0.6 is 0 Å². The second-order valence-corrected chi connectivity index (χ2v) is 6.38. The van der Waals surface area contributed by atoms with Crippen LogP contribution in [-0.2, 0) is 6.54 Å². The molecule has 0 saturated carbocycles. The Bertz CT molecular complexity index is 1200. The average molecular weight is 374 g/mol. The number of amides is 1. The minimum absolute atomic E-state index is 0.00747. The van der Waals surface area contributed by atoms with E-state index < -0.39 is 11.5 Å². The Balaban J connectivity index is 1.44. The largest absolute Gasteiger partial charge is 0.422 e. The monoisotopic (exact) mass is 374 g/mol. The number of rotatable bonds is 5. The molecule has 0 unspecified atom stereocenters. The number of pyridine rings is 1. The van der Waals surface area contributed by atoms with Crippen molar-refractivity contribution in [3.63, 3.8) is 0 Å². The van der Waals surface area contributed by atoms with Gasteiger partial charge in [-0.3, -0.25) is 14.5 Å². The zero-order valence-electron chi connectivity index (χ0n) is 15.3. The molecule has 1 N–H and O–H groups in total. The second kappa shape index (κ2) is 7.48. The third-order valence-corrected chi connectivity index (χ3v) is 4.43. The molecule has 28 heavy (non-hydrogen) atoms. The van der Waals surface area contributed by atoms with Gasteiger partial charge in [0.05, 0.1) is 12.2 Å². The Hall–Kier alpha value is -3.74. The summed E-state index contributed by atoms with van der Waals surface area (Å²) in [7, 11) is 0. The van der Waals surface area contributed by atoms with Gasteiger partial charge < -0.3 is 9.73 Å². The molecule has 3 aromatic heterocycles. The van der Waals surface area contributed by atoms with Crippen LogP contribution in [0.25, 0.3) is 22.2 Å². The van der Waals surface area contributed by atoms with E-state index in [1.807, 2.05) is 35.9 Å². The summed E-state index contributed by atoms with van der Waals surface area (Å²) in [5.74, 6) is -0.461. The van der Waals surface area contributed by atoms with Gasteiger partial charge in [0, 0.05) is 35.6 Å². The molecule has 0 radical (unpaired) electrons. The molecule has 1 amide bonds. The van der Waals surface area contributed by atoms with Crippen LogP contribution in [0.5, 0.6) is 0 Å². The molecule has 0 atom stereocenters. The van der Waals surface area contributed by atoms with E-state index in [2.05, 4.69) is 15.4 Å². The maximum atomic E-state index is 12.4. The fraction of sp³-hybridized carbons (Fsp3) is 0.143. The van der Waals surface area contributed by atoms with Crippen molar-refractivity contribution in [3.8, 4) is 11.3 Å². The predicted octanol–water partition coefficient (Wildman–Crippen LogP) is 2.79. The summed E-state index contributed by atoms with van der Waals surface area (Å²) in [5.41, 5.74) is 2.53. The highest BCUT2D eigenvalue weighted by Crippen LogP contribution is 2.17. The van der Waals surface area contributed by atoms with Gasteiger partial charge >= 0.3 is 5.63 Å². The summed E-state index contributed by atoms with van der Waals surface area (Å²) in [6, 6.07) is 14.4. The van der Waals surface area contributed by atoms with Crippen molar-refractivity contribution in [2.45, 2.75) is 13.5 Å². The van der Waals surface area contributed by atoms with E-state index in [1.54, 1.807) is 36.7 Å². The summed E-state index contributed by atoms with van der Waals surface area (Å²) >= 11 is 0. The van der Waals surface area contributed by atoms with E-state index in [-0.39, 0.29) is 5.56 Å².